The van der Waals surface area contributed by atoms with Gasteiger partial charge in [-0.3, -0.25) is 4.79 Å². The molecule has 1 aromatic heterocycles. The lowest BCUT2D eigenvalue weighted by molar-refractivity contribution is -0.139. The van der Waals surface area contributed by atoms with Gasteiger partial charge in [-0.2, -0.15) is 5.26 Å². The van der Waals surface area contributed by atoms with Crippen LogP contribution in [0.25, 0.3) is 0 Å². The second kappa shape index (κ2) is 5.55. The summed E-state index contributed by atoms with van der Waals surface area (Å²) in [4.78, 5) is 14.6. The van der Waals surface area contributed by atoms with Gasteiger partial charge in [0.15, 0.2) is 0 Å². The van der Waals surface area contributed by atoms with E-state index in [0.717, 1.165) is 6.07 Å². The Kier molecular flexibility index (Phi) is 4.35. The van der Waals surface area contributed by atoms with E-state index in [2.05, 4.69) is 9.72 Å². The van der Waals surface area contributed by atoms with Crippen molar-refractivity contribution in [3.05, 3.63) is 28.0 Å². The molecule has 0 fully saturated rings. The minimum Gasteiger partial charge on any atom is -0.469 e. The Morgan fingerprint density at radius 3 is 2.82 bits per heavy atom. The Morgan fingerprint density at radius 2 is 2.35 bits per heavy atom. The molecule has 7 heteroatoms. The Bertz CT molecular complexity index is 486. The molecule has 0 spiro atoms. The van der Waals surface area contributed by atoms with E-state index in [9.17, 15) is 13.6 Å². The lowest BCUT2D eigenvalue weighted by Crippen LogP contribution is -2.08. The second-order valence-corrected chi connectivity index (χ2v) is 3.39. The summed E-state index contributed by atoms with van der Waals surface area (Å²) in [6, 6.07) is 2.69. The number of alkyl halides is 2. The number of hydrogen-bond acceptors (Lipinski definition) is 4. The molecule has 0 unspecified atom stereocenters. The molecule has 1 rings (SSSR count). The van der Waals surface area contributed by atoms with Crippen LogP contribution in [0.3, 0.4) is 0 Å². The van der Waals surface area contributed by atoms with Crippen molar-refractivity contribution in [2.75, 3.05) is 7.11 Å². The summed E-state index contributed by atoms with van der Waals surface area (Å²) < 4.78 is 29.5. The van der Waals surface area contributed by atoms with Crippen molar-refractivity contribution < 1.29 is 18.3 Å². The van der Waals surface area contributed by atoms with E-state index in [1.54, 1.807) is 6.07 Å². The summed E-state index contributed by atoms with van der Waals surface area (Å²) in [5.41, 5.74) is -0.801. The highest BCUT2D eigenvalue weighted by atomic mass is 35.5. The molecule has 17 heavy (non-hydrogen) atoms. The highest BCUT2D eigenvalue weighted by Crippen LogP contribution is 2.29. The molecule has 0 aromatic carbocycles. The topological polar surface area (TPSA) is 63.0 Å². The number of aromatic nitrogens is 1. The first-order chi connectivity index (χ1) is 7.99. The third-order valence-corrected chi connectivity index (χ3v) is 2.25. The first-order valence-corrected chi connectivity index (χ1v) is 4.81. The molecule has 0 saturated heterocycles. The van der Waals surface area contributed by atoms with Gasteiger partial charge in [-0.25, -0.2) is 13.8 Å². The van der Waals surface area contributed by atoms with Crippen LogP contribution in [0.5, 0.6) is 0 Å². The van der Waals surface area contributed by atoms with Crippen molar-refractivity contribution in [3.8, 4) is 6.07 Å². The Hall–Kier alpha value is -1.74. The number of carbonyl (C=O) groups is 1. The molecule has 0 saturated carbocycles. The molecule has 4 nitrogen and oxygen atoms in total. The second-order valence-electron chi connectivity index (χ2n) is 3.03. The molecule has 0 amide bonds. The number of carbonyl (C=O) groups excluding carboxylic acids is 1. The number of ether oxygens (including phenoxy) is 1. The molecular weight excluding hydrogens is 254 g/mol. The number of methoxy groups -OCH3 is 1. The summed E-state index contributed by atoms with van der Waals surface area (Å²) in [5, 5.41) is 8.25. The maximum absolute atomic E-state index is 12.6. The Balaban J connectivity index is 3.19. The quantitative estimate of drug-likeness (QED) is 0.618. The van der Waals surface area contributed by atoms with Crippen LogP contribution in [0.15, 0.2) is 6.07 Å². The third-order valence-electron chi connectivity index (χ3n) is 1.96. The van der Waals surface area contributed by atoms with Crippen molar-refractivity contribution in [3.63, 3.8) is 0 Å². The van der Waals surface area contributed by atoms with E-state index in [1.165, 1.54) is 7.11 Å². The smallest absolute Gasteiger partial charge is 0.311 e. The van der Waals surface area contributed by atoms with Crippen LogP contribution in [0, 0.1) is 11.3 Å². The van der Waals surface area contributed by atoms with Crippen molar-refractivity contribution in [2.45, 2.75) is 12.8 Å². The minimum absolute atomic E-state index is 0.114. The predicted octanol–water partition coefficient (Wildman–Crippen LogP) is 2.26. The van der Waals surface area contributed by atoms with Gasteiger partial charge in [-0.15, -0.1) is 0 Å². The summed E-state index contributed by atoms with van der Waals surface area (Å²) in [6.07, 6.45) is -3.12. The predicted molar refractivity (Wildman–Crippen MR) is 54.6 cm³/mol. The first kappa shape index (κ1) is 13.3. The largest absolute Gasteiger partial charge is 0.469 e. The number of nitriles is 1. The number of pyridine rings is 1. The van der Waals surface area contributed by atoms with Gasteiger partial charge in [0.25, 0.3) is 6.43 Å². The van der Waals surface area contributed by atoms with Gasteiger partial charge < -0.3 is 4.74 Å². The van der Waals surface area contributed by atoms with Crippen LogP contribution in [0.4, 0.5) is 8.78 Å². The number of rotatable bonds is 3. The van der Waals surface area contributed by atoms with Gasteiger partial charge >= 0.3 is 5.97 Å². The summed E-state index contributed by atoms with van der Waals surface area (Å²) in [6.45, 7) is 0. The Labute approximate surface area is 101 Å². The fraction of sp³-hybridized carbons (Fsp3) is 0.300. The maximum atomic E-state index is 12.6. The first-order valence-electron chi connectivity index (χ1n) is 4.44. The zero-order valence-corrected chi connectivity index (χ0v) is 9.46. The fourth-order valence-electron chi connectivity index (χ4n) is 1.18. The van der Waals surface area contributed by atoms with Crippen molar-refractivity contribution in [2.24, 2.45) is 0 Å². The van der Waals surface area contributed by atoms with Crippen LogP contribution >= 0.6 is 11.6 Å². The van der Waals surface area contributed by atoms with Crippen molar-refractivity contribution in [1.82, 2.24) is 4.98 Å². The highest BCUT2D eigenvalue weighted by Gasteiger charge is 2.20. The van der Waals surface area contributed by atoms with E-state index in [0.29, 0.717) is 0 Å². The number of halogens is 3. The number of nitrogens with zero attached hydrogens (tertiary/aromatic N) is 2. The highest BCUT2D eigenvalue weighted by molar-refractivity contribution is 6.30. The SMILES string of the molecule is COC(=O)Cc1cc(C#N)c(C(F)F)c(Cl)n1. The lowest BCUT2D eigenvalue weighted by atomic mass is 10.1. The average Bonchev–Trinajstić information content (AvgIpc) is 2.27. The molecule has 0 N–H and O–H groups in total. The average molecular weight is 261 g/mol. The zero-order chi connectivity index (χ0) is 13.0. The minimum atomic E-state index is -2.89. The molecule has 0 aliphatic carbocycles. The lowest BCUT2D eigenvalue weighted by Gasteiger charge is -2.07. The van der Waals surface area contributed by atoms with Gasteiger partial charge in [0.2, 0.25) is 0 Å². The number of esters is 1. The molecule has 90 valence electrons. The number of hydrogen-bond donors (Lipinski definition) is 0. The molecule has 0 radical (unpaired) electrons. The van der Waals surface area contributed by atoms with Gasteiger partial charge in [-0.05, 0) is 6.07 Å². The molecule has 0 atom stereocenters. The normalized spacial score (nSPS) is 10.1. The zero-order valence-electron chi connectivity index (χ0n) is 8.71. The van der Waals surface area contributed by atoms with Crippen LogP contribution in [0.1, 0.15) is 23.2 Å². The van der Waals surface area contributed by atoms with Crippen LogP contribution in [-0.4, -0.2) is 18.1 Å². The van der Waals surface area contributed by atoms with E-state index in [-0.39, 0.29) is 17.7 Å². The molecule has 0 aliphatic heterocycles. The van der Waals surface area contributed by atoms with Crippen LogP contribution < -0.4 is 0 Å². The van der Waals surface area contributed by atoms with E-state index in [1.807, 2.05) is 0 Å². The maximum Gasteiger partial charge on any atom is 0.311 e. The Morgan fingerprint density at radius 1 is 1.71 bits per heavy atom. The van der Waals surface area contributed by atoms with Crippen molar-refractivity contribution >= 4 is 17.6 Å². The van der Waals surface area contributed by atoms with E-state index >= 15 is 0 Å². The molecule has 0 aliphatic rings. The monoisotopic (exact) mass is 260 g/mol. The molecular formula is C10H7ClF2N2O2. The van der Waals surface area contributed by atoms with E-state index < -0.39 is 23.1 Å². The van der Waals surface area contributed by atoms with Crippen molar-refractivity contribution in [1.29, 1.82) is 5.26 Å². The molecule has 0 bridgehead atoms. The van der Waals surface area contributed by atoms with Crippen LogP contribution in [0.2, 0.25) is 5.15 Å². The van der Waals surface area contributed by atoms with Gasteiger partial charge in [0.1, 0.15) is 5.15 Å². The van der Waals surface area contributed by atoms with Gasteiger partial charge in [0, 0.05) is 0 Å². The molecule has 1 heterocycles. The third kappa shape index (κ3) is 3.11. The van der Waals surface area contributed by atoms with E-state index in [4.69, 9.17) is 16.9 Å². The standard InChI is InChI=1S/C10H7ClF2N2O2/c1-17-7(16)3-6-2-5(4-14)8(10(12)13)9(11)15-6/h2,10H,3H2,1H3. The van der Waals surface area contributed by atoms with Crippen LogP contribution in [-0.2, 0) is 16.0 Å². The van der Waals surface area contributed by atoms with Gasteiger partial charge in [-0.1, -0.05) is 11.6 Å². The molecule has 1 aromatic rings. The van der Waals surface area contributed by atoms with Gasteiger partial charge in [0.05, 0.1) is 36.4 Å². The summed E-state index contributed by atoms with van der Waals surface area (Å²) in [5.74, 6) is -0.595. The fourth-order valence-corrected chi connectivity index (χ4v) is 1.48. The summed E-state index contributed by atoms with van der Waals surface area (Å²) >= 11 is 5.54. The summed E-state index contributed by atoms with van der Waals surface area (Å²) in [7, 11) is 1.18.